The van der Waals surface area contributed by atoms with Gasteiger partial charge < -0.3 is 10.6 Å². The van der Waals surface area contributed by atoms with E-state index in [4.69, 9.17) is 23.2 Å². The van der Waals surface area contributed by atoms with Crippen LogP contribution in [0.4, 0.5) is 5.69 Å². The quantitative estimate of drug-likeness (QED) is 0.890. The van der Waals surface area contributed by atoms with Crippen molar-refractivity contribution in [3.05, 3.63) is 28.2 Å². The molecule has 1 aromatic carbocycles. The molecule has 0 spiro atoms. The predicted octanol–water partition coefficient (Wildman–Crippen LogP) is 3.46. The molecular weight excluding hydrogens is 271 g/mol. The van der Waals surface area contributed by atoms with Gasteiger partial charge in [0, 0.05) is 6.04 Å². The summed E-state index contributed by atoms with van der Waals surface area (Å²) < 4.78 is 0. The lowest BCUT2D eigenvalue weighted by Gasteiger charge is -2.13. The van der Waals surface area contributed by atoms with Gasteiger partial charge in [0.05, 0.1) is 22.3 Å². The van der Waals surface area contributed by atoms with Crippen LogP contribution in [0.15, 0.2) is 18.2 Å². The van der Waals surface area contributed by atoms with E-state index in [1.54, 1.807) is 18.2 Å². The number of carbonyl (C=O) groups excluding carboxylic acids is 1. The van der Waals surface area contributed by atoms with Crippen LogP contribution in [0.25, 0.3) is 0 Å². The SMILES string of the molecule is O=C(CNc1cccc(Cl)c1Cl)NC1CCCC1. The van der Waals surface area contributed by atoms with Crippen LogP contribution in [0, 0.1) is 0 Å². The third-order valence-electron chi connectivity index (χ3n) is 3.11. The fourth-order valence-corrected chi connectivity index (χ4v) is 2.53. The number of carbonyl (C=O) groups is 1. The maximum Gasteiger partial charge on any atom is 0.239 e. The van der Waals surface area contributed by atoms with Gasteiger partial charge >= 0.3 is 0 Å². The zero-order valence-corrected chi connectivity index (χ0v) is 11.5. The third-order valence-corrected chi connectivity index (χ3v) is 3.93. The van der Waals surface area contributed by atoms with E-state index in [2.05, 4.69) is 10.6 Å². The molecule has 1 amide bonds. The van der Waals surface area contributed by atoms with E-state index < -0.39 is 0 Å². The van der Waals surface area contributed by atoms with E-state index in [1.807, 2.05) is 0 Å². The molecule has 18 heavy (non-hydrogen) atoms. The van der Waals surface area contributed by atoms with Crippen LogP contribution in [-0.4, -0.2) is 18.5 Å². The molecule has 0 heterocycles. The minimum Gasteiger partial charge on any atom is -0.375 e. The lowest BCUT2D eigenvalue weighted by atomic mass is 10.2. The van der Waals surface area contributed by atoms with E-state index in [-0.39, 0.29) is 12.5 Å². The van der Waals surface area contributed by atoms with Gasteiger partial charge in [0.15, 0.2) is 0 Å². The summed E-state index contributed by atoms with van der Waals surface area (Å²) >= 11 is 11.9. The summed E-state index contributed by atoms with van der Waals surface area (Å²) in [5, 5.41) is 6.94. The number of hydrogen-bond acceptors (Lipinski definition) is 2. The van der Waals surface area contributed by atoms with Crippen LogP contribution in [0.5, 0.6) is 0 Å². The van der Waals surface area contributed by atoms with E-state index in [1.165, 1.54) is 12.8 Å². The first-order valence-electron chi connectivity index (χ1n) is 6.14. The number of benzene rings is 1. The molecule has 0 aliphatic heterocycles. The molecule has 1 aliphatic rings. The molecule has 1 aliphatic carbocycles. The molecule has 0 saturated heterocycles. The molecule has 1 aromatic rings. The van der Waals surface area contributed by atoms with E-state index >= 15 is 0 Å². The summed E-state index contributed by atoms with van der Waals surface area (Å²) in [5.74, 6) is -0.00191. The Balaban J connectivity index is 1.83. The maximum absolute atomic E-state index is 11.7. The van der Waals surface area contributed by atoms with Crippen molar-refractivity contribution in [3.8, 4) is 0 Å². The van der Waals surface area contributed by atoms with Gasteiger partial charge in [-0.15, -0.1) is 0 Å². The summed E-state index contributed by atoms with van der Waals surface area (Å²) in [4.78, 5) is 11.7. The molecule has 98 valence electrons. The predicted molar refractivity (Wildman–Crippen MR) is 75.4 cm³/mol. The normalized spacial score (nSPS) is 15.7. The van der Waals surface area contributed by atoms with Gasteiger partial charge in [0.1, 0.15) is 0 Å². The van der Waals surface area contributed by atoms with Gasteiger partial charge in [-0.2, -0.15) is 0 Å². The summed E-state index contributed by atoms with van der Waals surface area (Å²) in [6.07, 6.45) is 4.59. The smallest absolute Gasteiger partial charge is 0.239 e. The first-order chi connectivity index (χ1) is 8.66. The first-order valence-corrected chi connectivity index (χ1v) is 6.89. The van der Waals surface area contributed by atoms with Gasteiger partial charge in [-0.1, -0.05) is 42.1 Å². The Kier molecular flexibility index (Phi) is 4.72. The Morgan fingerprint density at radius 3 is 2.72 bits per heavy atom. The lowest BCUT2D eigenvalue weighted by Crippen LogP contribution is -2.36. The number of anilines is 1. The highest BCUT2D eigenvalue weighted by Gasteiger charge is 2.16. The summed E-state index contributed by atoms with van der Waals surface area (Å²) in [6, 6.07) is 5.66. The molecule has 5 heteroatoms. The Hall–Kier alpha value is -0.930. The molecule has 0 radical (unpaired) electrons. The lowest BCUT2D eigenvalue weighted by molar-refractivity contribution is -0.120. The largest absolute Gasteiger partial charge is 0.375 e. The Morgan fingerprint density at radius 2 is 2.00 bits per heavy atom. The maximum atomic E-state index is 11.7. The van der Waals surface area contributed by atoms with Crippen molar-refractivity contribution in [2.75, 3.05) is 11.9 Å². The third kappa shape index (κ3) is 3.53. The average molecular weight is 287 g/mol. The highest BCUT2D eigenvalue weighted by atomic mass is 35.5. The zero-order valence-electron chi connectivity index (χ0n) is 10.0. The van der Waals surface area contributed by atoms with Crippen molar-refractivity contribution in [2.24, 2.45) is 0 Å². The number of hydrogen-bond donors (Lipinski definition) is 2. The van der Waals surface area contributed by atoms with Crippen molar-refractivity contribution < 1.29 is 4.79 Å². The van der Waals surface area contributed by atoms with Crippen molar-refractivity contribution in [1.82, 2.24) is 5.32 Å². The topological polar surface area (TPSA) is 41.1 Å². The standard InChI is InChI=1S/C13H16Cl2N2O/c14-10-6-3-7-11(13(10)15)16-8-12(18)17-9-4-1-2-5-9/h3,6-7,9,16H,1-2,4-5,8H2,(H,17,18). The van der Waals surface area contributed by atoms with E-state index in [0.29, 0.717) is 21.8 Å². The molecule has 1 saturated carbocycles. The van der Waals surface area contributed by atoms with Gasteiger partial charge in [0.2, 0.25) is 5.91 Å². The Bertz CT molecular complexity index is 431. The second kappa shape index (κ2) is 6.30. The summed E-state index contributed by atoms with van der Waals surface area (Å²) in [7, 11) is 0. The van der Waals surface area contributed by atoms with Crippen LogP contribution < -0.4 is 10.6 Å². The first kappa shape index (κ1) is 13.5. The van der Waals surface area contributed by atoms with Gasteiger partial charge in [-0.25, -0.2) is 0 Å². The minimum atomic E-state index is -0.00191. The van der Waals surface area contributed by atoms with Crippen LogP contribution >= 0.6 is 23.2 Å². The molecule has 3 nitrogen and oxygen atoms in total. The molecule has 0 bridgehead atoms. The molecule has 0 aromatic heterocycles. The summed E-state index contributed by atoms with van der Waals surface area (Å²) in [6.45, 7) is 0.219. The van der Waals surface area contributed by atoms with E-state index in [0.717, 1.165) is 12.8 Å². The number of halogens is 2. The number of rotatable bonds is 4. The van der Waals surface area contributed by atoms with Crippen molar-refractivity contribution in [1.29, 1.82) is 0 Å². The van der Waals surface area contributed by atoms with Gasteiger partial charge in [0.25, 0.3) is 0 Å². The number of amides is 1. The fraction of sp³-hybridized carbons (Fsp3) is 0.462. The molecule has 0 atom stereocenters. The molecular formula is C13H16Cl2N2O. The zero-order chi connectivity index (χ0) is 13.0. The van der Waals surface area contributed by atoms with Crippen LogP contribution in [-0.2, 0) is 4.79 Å². The van der Waals surface area contributed by atoms with Crippen molar-refractivity contribution in [3.63, 3.8) is 0 Å². The molecule has 2 rings (SSSR count). The second-order valence-electron chi connectivity index (χ2n) is 4.50. The highest BCUT2D eigenvalue weighted by Crippen LogP contribution is 2.29. The van der Waals surface area contributed by atoms with Crippen LogP contribution in [0.1, 0.15) is 25.7 Å². The molecule has 2 N–H and O–H groups in total. The summed E-state index contributed by atoms with van der Waals surface area (Å²) in [5.41, 5.74) is 0.686. The van der Waals surface area contributed by atoms with Gasteiger partial charge in [-0.05, 0) is 25.0 Å². The highest BCUT2D eigenvalue weighted by molar-refractivity contribution is 6.43. The van der Waals surface area contributed by atoms with Crippen LogP contribution in [0.3, 0.4) is 0 Å². The number of nitrogens with one attached hydrogen (secondary N) is 2. The Labute approximate surface area is 117 Å². The average Bonchev–Trinajstić information content (AvgIpc) is 2.84. The molecule has 0 unspecified atom stereocenters. The van der Waals surface area contributed by atoms with E-state index in [9.17, 15) is 4.79 Å². The molecule has 1 fully saturated rings. The Morgan fingerprint density at radius 1 is 1.28 bits per heavy atom. The monoisotopic (exact) mass is 286 g/mol. The minimum absolute atomic E-state index is 0.00191. The fourth-order valence-electron chi connectivity index (χ4n) is 2.16. The second-order valence-corrected chi connectivity index (χ2v) is 5.29. The van der Waals surface area contributed by atoms with Gasteiger partial charge in [-0.3, -0.25) is 4.79 Å². The van der Waals surface area contributed by atoms with Crippen LogP contribution in [0.2, 0.25) is 10.0 Å². The van der Waals surface area contributed by atoms with Crippen molar-refractivity contribution in [2.45, 2.75) is 31.7 Å². The van der Waals surface area contributed by atoms with Crippen molar-refractivity contribution >= 4 is 34.8 Å².